The number of nitrogens with one attached hydrogen (secondary N) is 1. The molecular formula is C11H11N5O4. The number of nitro groups is 1. The molecule has 2 aromatic rings. The first-order chi connectivity index (χ1) is 9.34. The van der Waals surface area contributed by atoms with Gasteiger partial charge in [-0.15, -0.1) is 0 Å². The zero-order valence-electron chi connectivity index (χ0n) is 10.7. The topological polar surface area (TPSA) is 148 Å². The third kappa shape index (κ3) is 1.94. The molecular weight excluding hydrogens is 266 g/mol. The highest BCUT2D eigenvalue weighted by molar-refractivity contribution is 5.98. The Bertz CT molecular complexity index is 722. The lowest BCUT2D eigenvalue weighted by molar-refractivity contribution is -0.386. The van der Waals surface area contributed by atoms with Gasteiger partial charge in [-0.25, -0.2) is 0 Å². The van der Waals surface area contributed by atoms with E-state index in [2.05, 4.69) is 15.4 Å². The molecule has 0 atom stereocenters. The number of hydrogen-bond acceptors (Lipinski definition) is 6. The fourth-order valence-corrected chi connectivity index (χ4v) is 1.88. The summed E-state index contributed by atoms with van der Waals surface area (Å²) in [7, 11) is 0. The number of aromatic amines is 1. The van der Waals surface area contributed by atoms with E-state index in [0.717, 1.165) is 0 Å². The molecule has 9 heteroatoms. The highest BCUT2D eigenvalue weighted by Gasteiger charge is 2.27. The fourth-order valence-electron chi connectivity index (χ4n) is 1.88. The van der Waals surface area contributed by atoms with E-state index in [4.69, 9.17) is 5.73 Å². The van der Waals surface area contributed by atoms with Gasteiger partial charge in [0.25, 0.3) is 5.91 Å². The molecule has 0 aliphatic heterocycles. The van der Waals surface area contributed by atoms with E-state index >= 15 is 0 Å². The minimum absolute atomic E-state index is 0.0267. The van der Waals surface area contributed by atoms with Gasteiger partial charge < -0.3 is 10.8 Å². The van der Waals surface area contributed by atoms with Crippen LogP contribution in [0.4, 0.5) is 5.69 Å². The molecule has 2 rings (SSSR count). The van der Waals surface area contributed by atoms with Crippen LogP contribution in [0, 0.1) is 24.0 Å². The molecule has 0 radical (unpaired) electrons. The minimum atomic E-state index is -0.853. The number of benzene rings is 1. The number of phenolic OH excluding ortho intramolecular Hbond substituents is 1. The van der Waals surface area contributed by atoms with Gasteiger partial charge in [0, 0.05) is 5.56 Å². The van der Waals surface area contributed by atoms with Crippen LogP contribution in [0.5, 0.6) is 5.75 Å². The van der Waals surface area contributed by atoms with E-state index in [1.54, 1.807) is 6.92 Å². The summed E-state index contributed by atoms with van der Waals surface area (Å²) in [5, 5.41) is 30.6. The first-order valence-corrected chi connectivity index (χ1v) is 5.53. The van der Waals surface area contributed by atoms with E-state index in [1.165, 1.54) is 13.0 Å². The van der Waals surface area contributed by atoms with Gasteiger partial charge in [-0.05, 0) is 25.5 Å². The molecule has 104 valence electrons. The van der Waals surface area contributed by atoms with Gasteiger partial charge in [0.2, 0.25) is 5.75 Å². The van der Waals surface area contributed by atoms with Crippen molar-refractivity contribution in [3.63, 3.8) is 0 Å². The van der Waals surface area contributed by atoms with Crippen LogP contribution in [0.2, 0.25) is 0 Å². The summed E-state index contributed by atoms with van der Waals surface area (Å²) in [4.78, 5) is 21.6. The van der Waals surface area contributed by atoms with Crippen molar-refractivity contribution in [2.75, 3.05) is 0 Å². The van der Waals surface area contributed by atoms with Crippen molar-refractivity contribution in [2.45, 2.75) is 13.8 Å². The van der Waals surface area contributed by atoms with E-state index in [-0.39, 0.29) is 17.0 Å². The zero-order valence-corrected chi connectivity index (χ0v) is 10.7. The van der Waals surface area contributed by atoms with Crippen LogP contribution in [0.15, 0.2) is 6.07 Å². The van der Waals surface area contributed by atoms with Crippen LogP contribution in [-0.4, -0.2) is 31.3 Å². The quantitative estimate of drug-likeness (QED) is 0.558. The van der Waals surface area contributed by atoms with Crippen molar-refractivity contribution >= 4 is 11.6 Å². The van der Waals surface area contributed by atoms with Crippen molar-refractivity contribution in [2.24, 2.45) is 5.73 Å². The normalized spacial score (nSPS) is 10.5. The predicted molar refractivity (Wildman–Crippen MR) is 68.1 cm³/mol. The molecule has 0 fully saturated rings. The van der Waals surface area contributed by atoms with Gasteiger partial charge in [-0.3, -0.25) is 14.9 Å². The maximum atomic E-state index is 11.2. The molecule has 1 heterocycles. The van der Waals surface area contributed by atoms with Gasteiger partial charge in [0.1, 0.15) is 5.69 Å². The van der Waals surface area contributed by atoms with Gasteiger partial charge in [-0.1, -0.05) is 0 Å². The zero-order chi connectivity index (χ0) is 15.0. The number of aryl methyl sites for hydroxylation is 1. The predicted octanol–water partition coefficient (Wildman–Crippen LogP) is 0.801. The van der Waals surface area contributed by atoms with Gasteiger partial charge >= 0.3 is 5.69 Å². The number of rotatable bonds is 3. The molecule has 1 aromatic carbocycles. The van der Waals surface area contributed by atoms with Crippen LogP contribution in [0.1, 0.15) is 21.6 Å². The lowest BCUT2D eigenvalue weighted by atomic mass is 9.99. The number of amides is 1. The van der Waals surface area contributed by atoms with Gasteiger partial charge in [0.05, 0.1) is 10.5 Å². The SMILES string of the molecule is Cc1cc(-c2n[nH]nc2C(N)=O)c(O)c([N+](=O)[O-])c1C. The summed E-state index contributed by atoms with van der Waals surface area (Å²) in [6.07, 6.45) is 0. The minimum Gasteiger partial charge on any atom is -0.502 e. The summed E-state index contributed by atoms with van der Waals surface area (Å²) in [6.45, 7) is 3.17. The largest absolute Gasteiger partial charge is 0.502 e. The fraction of sp³-hybridized carbons (Fsp3) is 0.182. The molecule has 20 heavy (non-hydrogen) atoms. The average Bonchev–Trinajstić information content (AvgIpc) is 2.82. The van der Waals surface area contributed by atoms with Crippen LogP contribution in [0.3, 0.4) is 0 Å². The van der Waals surface area contributed by atoms with E-state index in [0.29, 0.717) is 11.1 Å². The van der Waals surface area contributed by atoms with Crippen molar-refractivity contribution < 1.29 is 14.8 Å². The summed E-state index contributed by atoms with van der Waals surface area (Å²) in [5.74, 6) is -1.43. The number of hydrogen-bond donors (Lipinski definition) is 3. The van der Waals surface area contributed by atoms with Crippen molar-refractivity contribution in [3.05, 3.63) is 33.0 Å². The Hall–Kier alpha value is -2.97. The molecule has 0 saturated heterocycles. The second kappa shape index (κ2) is 4.61. The lowest BCUT2D eigenvalue weighted by Crippen LogP contribution is -2.13. The average molecular weight is 277 g/mol. The molecule has 0 bridgehead atoms. The first-order valence-electron chi connectivity index (χ1n) is 5.53. The molecule has 1 amide bonds. The van der Waals surface area contributed by atoms with Crippen LogP contribution >= 0.6 is 0 Å². The second-order valence-corrected chi connectivity index (χ2v) is 4.21. The van der Waals surface area contributed by atoms with Crippen LogP contribution in [0.25, 0.3) is 11.3 Å². The number of aromatic nitrogens is 3. The van der Waals surface area contributed by atoms with Crippen molar-refractivity contribution in [1.29, 1.82) is 0 Å². The monoisotopic (exact) mass is 277 g/mol. The van der Waals surface area contributed by atoms with Gasteiger partial charge in [-0.2, -0.15) is 15.4 Å². The molecule has 0 spiro atoms. The number of primary amides is 1. The number of nitrogens with zero attached hydrogens (tertiary/aromatic N) is 3. The number of carbonyl (C=O) groups is 1. The lowest BCUT2D eigenvalue weighted by Gasteiger charge is -2.08. The summed E-state index contributed by atoms with van der Waals surface area (Å²) < 4.78 is 0. The third-order valence-corrected chi connectivity index (χ3v) is 3.01. The summed E-state index contributed by atoms with van der Waals surface area (Å²) in [6, 6.07) is 1.49. The van der Waals surface area contributed by atoms with Crippen LogP contribution in [-0.2, 0) is 0 Å². The molecule has 0 aliphatic rings. The highest BCUT2D eigenvalue weighted by atomic mass is 16.6. The smallest absolute Gasteiger partial charge is 0.314 e. The molecule has 0 unspecified atom stereocenters. The summed E-state index contributed by atoms with van der Waals surface area (Å²) >= 11 is 0. The van der Waals surface area contributed by atoms with Gasteiger partial charge in [0.15, 0.2) is 5.69 Å². The molecule has 1 aromatic heterocycles. The third-order valence-electron chi connectivity index (χ3n) is 3.01. The molecule has 9 nitrogen and oxygen atoms in total. The number of aromatic hydroxyl groups is 1. The number of H-pyrrole nitrogens is 1. The Morgan fingerprint density at radius 3 is 2.65 bits per heavy atom. The van der Waals surface area contributed by atoms with E-state index < -0.39 is 22.3 Å². The first kappa shape index (κ1) is 13.5. The number of nitro benzene ring substituents is 1. The number of nitrogens with two attached hydrogens (primary N) is 1. The Morgan fingerprint density at radius 2 is 2.10 bits per heavy atom. The van der Waals surface area contributed by atoms with Crippen molar-refractivity contribution in [3.8, 4) is 17.0 Å². The van der Waals surface area contributed by atoms with E-state index in [1.807, 2.05) is 0 Å². The molecule has 4 N–H and O–H groups in total. The van der Waals surface area contributed by atoms with Crippen molar-refractivity contribution in [1.82, 2.24) is 15.4 Å². The number of carbonyl (C=O) groups excluding carboxylic acids is 1. The summed E-state index contributed by atoms with van der Waals surface area (Å²) in [5.41, 5.74) is 5.42. The van der Waals surface area contributed by atoms with E-state index in [9.17, 15) is 20.0 Å². The Kier molecular flexibility index (Phi) is 3.10. The Labute approximate surface area is 112 Å². The standard InChI is InChI=1S/C11H11N5O4/c1-4-3-6(7-8(11(12)18)14-15-13-7)10(17)9(5(4)2)16(19)20/h3,17H,1-2H3,(H2,12,18)(H,13,14,15). The molecule has 0 saturated carbocycles. The maximum absolute atomic E-state index is 11.2. The second-order valence-electron chi connectivity index (χ2n) is 4.21. The Morgan fingerprint density at radius 1 is 1.45 bits per heavy atom. The highest BCUT2D eigenvalue weighted by Crippen LogP contribution is 2.40. The van der Waals surface area contributed by atoms with Crippen LogP contribution < -0.4 is 5.73 Å². The molecule has 0 aliphatic carbocycles. The maximum Gasteiger partial charge on any atom is 0.314 e. The number of phenols is 1. The Balaban J connectivity index is 2.79.